The zero-order valence-electron chi connectivity index (χ0n) is 11.5. The van der Waals surface area contributed by atoms with Gasteiger partial charge in [0.1, 0.15) is 5.82 Å². The van der Waals surface area contributed by atoms with Gasteiger partial charge in [0.15, 0.2) is 0 Å². The van der Waals surface area contributed by atoms with Crippen LogP contribution >= 0.6 is 11.6 Å². The number of anilines is 1. The fourth-order valence-electron chi connectivity index (χ4n) is 2.40. The molecule has 1 aliphatic carbocycles. The van der Waals surface area contributed by atoms with Gasteiger partial charge < -0.3 is 0 Å². The van der Waals surface area contributed by atoms with Crippen LogP contribution in [-0.4, -0.2) is 8.42 Å². The first-order chi connectivity index (χ1) is 10.5. The van der Waals surface area contributed by atoms with Gasteiger partial charge in [0, 0.05) is 0 Å². The number of benzene rings is 2. The van der Waals surface area contributed by atoms with E-state index in [0.717, 1.165) is 17.2 Å². The van der Waals surface area contributed by atoms with Crippen LogP contribution in [0.4, 0.5) is 10.1 Å². The highest BCUT2D eigenvalue weighted by Gasteiger charge is 2.22. The van der Waals surface area contributed by atoms with Gasteiger partial charge in [-0.25, -0.2) is 12.8 Å². The van der Waals surface area contributed by atoms with Crippen LogP contribution in [0.2, 0.25) is 5.02 Å². The van der Waals surface area contributed by atoms with Crippen LogP contribution in [0.1, 0.15) is 17.5 Å². The van der Waals surface area contributed by atoms with E-state index in [9.17, 15) is 12.8 Å². The van der Waals surface area contributed by atoms with Gasteiger partial charge in [-0.05, 0) is 48.2 Å². The Hall–Kier alpha value is -1.85. The average Bonchev–Trinajstić information content (AvgIpc) is 2.50. The molecule has 0 amide bonds. The topological polar surface area (TPSA) is 46.2 Å². The second-order valence-corrected chi connectivity index (χ2v) is 7.19. The molecule has 2 aromatic rings. The van der Waals surface area contributed by atoms with Gasteiger partial charge in [0.2, 0.25) is 0 Å². The van der Waals surface area contributed by atoms with Crippen LogP contribution in [0.25, 0.3) is 6.08 Å². The molecule has 0 saturated carbocycles. The quantitative estimate of drug-likeness (QED) is 0.912. The third kappa shape index (κ3) is 3.00. The van der Waals surface area contributed by atoms with Crippen LogP contribution in [0.15, 0.2) is 47.4 Å². The molecule has 0 heterocycles. The van der Waals surface area contributed by atoms with Crippen molar-refractivity contribution >= 4 is 33.4 Å². The molecule has 0 fully saturated rings. The number of nitrogens with one attached hydrogen (secondary N) is 1. The monoisotopic (exact) mass is 337 g/mol. The Morgan fingerprint density at radius 2 is 1.86 bits per heavy atom. The summed E-state index contributed by atoms with van der Waals surface area (Å²) in [6, 6.07) is 11.4. The number of rotatable bonds is 3. The minimum atomic E-state index is -3.68. The third-order valence-corrected chi connectivity index (χ3v) is 5.34. The number of hydrogen-bond donors (Lipinski definition) is 1. The SMILES string of the molecule is O=S(=O)(Nc1ccc(F)c(Cl)c1)C1=Cc2ccccc2CC1. The summed E-state index contributed by atoms with van der Waals surface area (Å²) < 4.78 is 40.5. The van der Waals surface area contributed by atoms with Gasteiger partial charge in [-0.2, -0.15) is 0 Å². The van der Waals surface area contributed by atoms with Crippen molar-refractivity contribution in [2.45, 2.75) is 12.8 Å². The fraction of sp³-hybridized carbons (Fsp3) is 0.125. The lowest BCUT2D eigenvalue weighted by molar-refractivity contribution is 0.604. The maximum Gasteiger partial charge on any atom is 0.258 e. The maximum atomic E-state index is 13.1. The Morgan fingerprint density at radius 1 is 1.09 bits per heavy atom. The molecule has 3 nitrogen and oxygen atoms in total. The predicted molar refractivity (Wildman–Crippen MR) is 86.7 cm³/mol. The summed E-state index contributed by atoms with van der Waals surface area (Å²) in [5, 5.41) is -0.122. The van der Waals surface area contributed by atoms with Gasteiger partial charge in [-0.15, -0.1) is 0 Å². The number of allylic oxidation sites excluding steroid dienone is 1. The Morgan fingerprint density at radius 3 is 2.64 bits per heavy atom. The molecule has 0 spiro atoms. The van der Waals surface area contributed by atoms with Gasteiger partial charge in [0.05, 0.1) is 15.6 Å². The molecular weight excluding hydrogens is 325 g/mol. The Kier molecular flexibility index (Phi) is 3.93. The minimum absolute atomic E-state index is 0.122. The molecule has 0 atom stereocenters. The van der Waals surface area contributed by atoms with E-state index in [1.54, 1.807) is 6.08 Å². The maximum absolute atomic E-state index is 13.1. The van der Waals surface area contributed by atoms with Crippen LogP contribution in [0.3, 0.4) is 0 Å². The van der Waals surface area contributed by atoms with Crippen molar-refractivity contribution in [2.24, 2.45) is 0 Å². The van der Waals surface area contributed by atoms with E-state index in [4.69, 9.17) is 11.6 Å². The van der Waals surface area contributed by atoms with Crippen molar-refractivity contribution in [1.29, 1.82) is 0 Å². The summed E-state index contributed by atoms with van der Waals surface area (Å²) in [5.41, 5.74) is 2.28. The molecule has 6 heteroatoms. The molecule has 22 heavy (non-hydrogen) atoms. The lowest BCUT2D eigenvalue weighted by atomic mass is 9.98. The zero-order valence-corrected chi connectivity index (χ0v) is 13.1. The lowest BCUT2D eigenvalue weighted by Crippen LogP contribution is -2.17. The van der Waals surface area contributed by atoms with Crippen molar-refractivity contribution in [1.82, 2.24) is 0 Å². The lowest BCUT2D eigenvalue weighted by Gasteiger charge is -2.17. The molecule has 0 radical (unpaired) electrons. The van der Waals surface area contributed by atoms with Crippen LogP contribution in [0.5, 0.6) is 0 Å². The molecule has 2 aromatic carbocycles. The summed E-state index contributed by atoms with van der Waals surface area (Å²) in [6.07, 6.45) is 2.78. The van der Waals surface area contributed by atoms with Crippen molar-refractivity contribution in [2.75, 3.05) is 4.72 Å². The number of fused-ring (bicyclic) bond motifs is 1. The summed E-state index contributed by atoms with van der Waals surface area (Å²) in [7, 11) is -3.68. The molecule has 114 valence electrons. The third-order valence-electron chi connectivity index (χ3n) is 3.53. The van der Waals surface area contributed by atoms with Gasteiger partial charge in [-0.3, -0.25) is 4.72 Å². The standard InChI is InChI=1S/C16H13ClFNO2S/c17-15-10-13(6-8-16(15)18)19-22(20,21)14-7-5-11-3-1-2-4-12(11)9-14/h1-4,6,8-10,19H,5,7H2. The minimum Gasteiger partial charge on any atom is -0.280 e. The molecule has 1 N–H and O–H groups in total. The highest BCUT2D eigenvalue weighted by Crippen LogP contribution is 2.28. The largest absolute Gasteiger partial charge is 0.280 e. The van der Waals surface area contributed by atoms with Gasteiger partial charge in [0.25, 0.3) is 10.0 Å². The van der Waals surface area contributed by atoms with Crippen molar-refractivity contribution in [3.05, 3.63) is 69.3 Å². The van der Waals surface area contributed by atoms with Crippen LogP contribution < -0.4 is 4.72 Å². The molecule has 1 aliphatic rings. The van der Waals surface area contributed by atoms with Gasteiger partial charge in [-0.1, -0.05) is 35.9 Å². The van der Waals surface area contributed by atoms with Crippen LogP contribution in [0, 0.1) is 5.82 Å². The molecule has 0 unspecified atom stereocenters. The molecule has 0 aromatic heterocycles. The Labute approximate surface area is 133 Å². The number of halogens is 2. The van der Waals surface area contributed by atoms with E-state index in [1.807, 2.05) is 24.3 Å². The van der Waals surface area contributed by atoms with E-state index in [2.05, 4.69) is 4.72 Å². The number of hydrogen-bond acceptors (Lipinski definition) is 2. The smallest absolute Gasteiger partial charge is 0.258 e. The average molecular weight is 338 g/mol. The van der Waals surface area contributed by atoms with E-state index in [0.29, 0.717) is 17.7 Å². The normalized spacial score (nSPS) is 14.2. The highest BCUT2D eigenvalue weighted by atomic mass is 35.5. The van der Waals surface area contributed by atoms with E-state index in [1.165, 1.54) is 12.1 Å². The molecule has 3 rings (SSSR count). The predicted octanol–water partition coefficient (Wildman–Crippen LogP) is 4.21. The molecule has 0 aliphatic heterocycles. The summed E-state index contributed by atoms with van der Waals surface area (Å²) >= 11 is 5.67. The summed E-state index contributed by atoms with van der Waals surface area (Å²) in [6.45, 7) is 0. The summed E-state index contributed by atoms with van der Waals surface area (Å²) in [5.74, 6) is -0.588. The molecule has 0 bridgehead atoms. The Bertz CT molecular complexity index is 862. The molecule has 0 saturated heterocycles. The van der Waals surface area contributed by atoms with Crippen molar-refractivity contribution in [3.63, 3.8) is 0 Å². The van der Waals surface area contributed by atoms with E-state index in [-0.39, 0.29) is 10.7 Å². The first kappa shape index (κ1) is 15.1. The second-order valence-electron chi connectivity index (χ2n) is 5.04. The first-order valence-electron chi connectivity index (χ1n) is 6.72. The zero-order chi connectivity index (χ0) is 15.7. The second kappa shape index (κ2) is 5.74. The highest BCUT2D eigenvalue weighted by molar-refractivity contribution is 7.96. The number of sulfonamides is 1. The molecular formula is C16H13ClFNO2S. The van der Waals surface area contributed by atoms with Crippen LogP contribution in [-0.2, 0) is 16.4 Å². The summed E-state index contributed by atoms with van der Waals surface area (Å²) in [4.78, 5) is 0.312. The van der Waals surface area contributed by atoms with Crippen molar-refractivity contribution in [3.8, 4) is 0 Å². The Balaban J connectivity index is 1.91. The fourth-order valence-corrected chi connectivity index (χ4v) is 3.80. The van der Waals surface area contributed by atoms with E-state index < -0.39 is 15.8 Å². The van der Waals surface area contributed by atoms with Gasteiger partial charge >= 0.3 is 0 Å². The first-order valence-corrected chi connectivity index (χ1v) is 8.58. The van der Waals surface area contributed by atoms with Crippen molar-refractivity contribution < 1.29 is 12.8 Å². The number of aryl methyl sites for hydroxylation is 1. The van der Waals surface area contributed by atoms with E-state index >= 15 is 0 Å².